The SMILES string of the molecule is CC(C)(C)OC(=O)N[C@@H]1CCN(C(=O)c2ccc(Sn3cc(-c4ccccc4)c4ccccc43)cc2)C1. The van der Waals surface area contributed by atoms with E-state index in [4.69, 9.17) is 4.74 Å². The number of nitrogens with one attached hydrogen (secondary N) is 1. The van der Waals surface area contributed by atoms with E-state index < -0.39 is 11.7 Å². The second-order valence-corrected chi connectivity index (χ2v) is 11.3. The molecule has 2 amide bonds. The van der Waals surface area contributed by atoms with Gasteiger partial charge in [0.05, 0.1) is 11.6 Å². The maximum atomic E-state index is 13.1. The van der Waals surface area contributed by atoms with E-state index >= 15 is 0 Å². The number of carbonyl (C=O) groups is 2. The Balaban J connectivity index is 1.26. The summed E-state index contributed by atoms with van der Waals surface area (Å²) in [4.78, 5) is 28.0. The summed E-state index contributed by atoms with van der Waals surface area (Å²) in [5.74, 6) is -0.0252. The second-order valence-electron chi connectivity index (χ2n) is 10.3. The number of nitrogens with zero attached hydrogens (tertiary/aromatic N) is 2. The van der Waals surface area contributed by atoms with E-state index in [0.717, 1.165) is 10.4 Å². The molecule has 0 spiro atoms. The van der Waals surface area contributed by atoms with Crippen LogP contribution in [-0.4, -0.2) is 45.6 Å². The van der Waals surface area contributed by atoms with Gasteiger partial charge in [0.2, 0.25) is 0 Å². The van der Waals surface area contributed by atoms with Crippen molar-refractivity contribution in [2.24, 2.45) is 0 Å². The lowest BCUT2D eigenvalue weighted by atomic mass is 10.1. The second kappa shape index (κ2) is 10.3. The summed E-state index contributed by atoms with van der Waals surface area (Å²) < 4.78 is 7.52. The van der Waals surface area contributed by atoms with Crippen molar-refractivity contribution in [3.05, 3.63) is 90.6 Å². The van der Waals surface area contributed by atoms with Crippen molar-refractivity contribution in [2.45, 2.75) is 43.7 Å². The molecule has 6 nitrogen and oxygen atoms in total. The molecule has 7 heteroatoms. The van der Waals surface area contributed by atoms with Crippen LogP contribution < -0.4 is 5.32 Å². The molecule has 0 aliphatic carbocycles. The highest BCUT2D eigenvalue weighted by Gasteiger charge is 2.29. The number of para-hydroxylation sites is 1. The maximum absolute atomic E-state index is 13.1. The summed E-state index contributed by atoms with van der Waals surface area (Å²) in [7, 11) is 0. The largest absolute Gasteiger partial charge is 0.444 e. The third-order valence-corrected chi connectivity index (χ3v) is 7.25. The van der Waals surface area contributed by atoms with Gasteiger partial charge in [0, 0.05) is 40.7 Å². The number of likely N-dealkylation sites (tertiary alicyclic amines) is 1. The van der Waals surface area contributed by atoms with Gasteiger partial charge >= 0.3 is 6.09 Å². The van der Waals surface area contributed by atoms with Gasteiger partial charge in [0.1, 0.15) is 5.60 Å². The highest BCUT2D eigenvalue weighted by molar-refractivity contribution is 7.98. The molecule has 190 valence electrons. The van der Waals surface area contributed by atoms with Gasteiger partial charge < -0.3 is 15.0 Å². The summed E-state index contributed by atoms with van der Waals surface area (Å²) in [5, 5.41) is 4.08. The highest BCUT2D eigenvalue weighted by Crippen LogP contribution is 2.35. The van der Waals surface area contributed by atoms with Crippen LogP contribution in [0.4, 0.5) is 4.79 Å². The van der Waals surface area contributed by atoms with Crippen LogP contribution in [0.5, 0.6) is 0 Å². The van der Waals surface area contributed by atoms with Gasteiger partial charge in [0.25, 0.3) is 5.91 Å². The van der Waals surface area contributed by atoms with Crippen molar-refractivity contribution < 1.29 is 14.3 Å². The summed E-state index contributed by atoms with van der Waals surface area (Å²) in [6.45, 7) is 6.58. The van der Waals surface area contributed by atoms with Crippen LogP contribution in [0.25, 0.3) is 22.0 Å². The molecule has 1 aliphatic heterocycles. The molecule has 1 fully saturated rings. The number of aromatic nitrogens is 1. The summed E-state index contributed by atoms with van der Waals surface area (Å²) in [6, 6.07) is 26.4. The topological polar surface area (TPSA) is 63.6 Å². The smallest absolute Gasteiger partial charge is 0.407 e. The Morgan fingerprint density at radius 2 is 1.65 bits per heavy atom. The van der Waals surface area contributed by atoms with Crippen molar-refractivity contribution in [2.75, 3.05) is 13.1 Å². The number of ether oxygens (including phenoxy) is 1. The predicted octanol–water partition coefficient (Wildman–Crippen LogP) is 6.60. The lowest BCUT2D eigenvalue weighted by Crippen LogP contribution is -2.41. The van der Waals surface area contributed by atoms with Gasteiger partial charge in [-0.2, -0.15) is 0 Å². The first-order chi connectivity index (χ1) is 17.8. The Labute approximate surface area is 221 Å². The van der Waals surface area contributed by atoms with Crippen LogP contribution in [0.1, 0.15) is 37.6 Å². The molecule has 1 aliphatic rings. The molecule has 0 unspecified atom stereocenters. The van der Waals surface area contributed by atoms with Crippen LogP contribution in [0.3, 0.4) is 0 Å². The molecule has 0 bridgehead atoms. The Hall–Kier alpha value is -3.71. The fourth-order valence-corrected chi connectivity index (χ4v) is 5.47. The highest BCUT2D eigenvalue weighted by atomic mass is 32.2. The van der Waals surface area contributed by atoms with Crippen molar-refractivity contribution in [1.29, 1.82) is 0 Å². The van der Waals surface area contributed by atoms with Gasteiger partial charge in [-0.05, 0) is 75.0 Å². The molecule has 4 aromatic rings. The summed E-state index contributed by atoms with van der Waals surface area (Å²) >= 11 is 1.63. The molecule has 0 saturated carbocycles. The zero-order valence-corrected chi connectivity index (χ0v) is 22.1. The van der Waals surface area contributed by atoms with E-state index in [-0.39, 0.29) is 11.9 Å². The fourth-order valence-electron chi connectivity index (χ4n) is 4.56. The lowest BCUT2D eigenvalue weighted by Gasteiger charge is -2.22. The molecule has 3 aromatic carbocycles. The number of hydrogen-bond donors (Lipinski definition) is 1. The van der Waals surface area contributed by atoms with E-state index in [0.29, 0.717) is 25.1 Å². The summed E-state index contributed by atoms with van der Waals surface area (Å²) in [6.07, 6.45) is 2.44. The van der Waals surface area contributed by atoms with Crippen LogP contribution in [0.2, 0.25) is 0 Å². The maximum Gasteiger partial charge on any atom is 0.407 e. The van der Waals surface area contributed by atoms with Crippen LogP contribution in [-0.2, 0) is 4.74 Å². The Morgan fingerprint density at radius 1 is 0.946 bits per heavy atom. The fraction of sp³-hybridized carbons (Fsp3) is 0.267. The van der Waals surface area contributed by atoms with Gasteiger partial charge in [-0.1, -0.05) is 48.5 Å². The third kappa shape index (κ3) is 5.83. The van der Waals surface area contributed by atoms with E-state index in [1.165, 1.54) is 16.5 Å². The number of amides is 2. The molecular weight excluding hydrogens is 482 g/mol. The van der Waals surface area contributed by atoms with Crippen LogP contribution >= 0.6 is 11.9 Å². The molecular formula is C30H31N3O3S. The zero-order chi connectivity index (χ0) is 26.0. The Morgan fingerprint density at radius 3 is 2.38 bits per heavy atom. The lowest BCUT2D eigenvalue weighted by molar-refractivity contribution is 0.0502. The Bertz CT molecular complexity index is 1410. The number of alkyl carbamates (subject to hydrolysis) is 1. The van der Waals surface area contributed by atoms with Crippen molar-refractivity contribution in [3.63, 3.8) is 0 Å². The first kappa shape index (κ1) is 25.0. The molecule has 37 heavy (non-hydrogen) atoms. The van der Waals surface area contributed by atoms with Gasteiger partial charge in [-0.25, -0.2) is 4.79 Å². The minimum absolute atomic E-state index is 0.0252. The molecule has 1 saturated heterocycles. The van der Waals surface area contributed by atoms with Gasteiger partial charge in [-0.3, -0.25) is 8.77 Å². The molecule has 1 aromatic heterocycles. The number of hydrogen-bond acceptors (Lipinski definition) is 4. The molecule has 1 atom stereocenters. The normalized spacial score (nSPS) is 15.6. The van der Waals surface area contributed by atoms with Crippen LogP contribution in [0, 0.1) is 0 Å². The van der Waals surface area contributed by atoms with E-state index in [1.54, 1.807) is 16.8 Å². The minimum Gasteiger partial charge on any atom is -0.444 e. The van der Waals surface area contributed by atoms with Crippen molar-refractivity contribution in [3.8, 4) is 11.1 Å². The standard InChI is InChI=1S/C30H31N3O3S/c1-30(2,3)36-29(35)31-23-17-18-32(19-23)28(34)22-13-15-24(16-14-22)37-33-20-26(21-9-5-4-6-10-21)25-11-7-8-12-27(25)33/h4-16,20,23H,17-19H2,1-3H3,(H,31,35)/t23-/m1/s1. The number of benzene rings is 3. The minimum atomic E-state index is -0.548. The van der Waals surface area contributed by atoms with Gasteiger partial charge in [-0.15, -0.1) is 0 Å². The number of rotatable bonds is 5. The molecule has 2 heterocycles. The molecule has 1 N–H and O–H groups in total. The quantitative estimate of drug-likeness (QED) is 0.326. The summed E-state index contributed by atoms with van der Waals surface area (Å²) in [5.41, 5.74) is 3.62. The average Bonchev–Trinajstić information content (AvgIpc) is 3.48. The number of fused-ring (bicyclic) bond motifs is 1. The zero-order valence-electron chi connectivity index (χ0n) is 21.3. The first-order valence-corrected chi connectivity index (χ1v) is 13.3. The number of carbonyl (C=O) groups excluding carboxylic acids is 2. The molecule has 5 rings (SSSR count). The Kier molecular flexibility index (Phi) is 6.98. The van der Waals surface area contributed by atoms with E-state index in [2.05, 4.69) is 64.0 Å². The van der Waals surface area contributed by atoms with Crippen molar-refractivity contribution >= 4 is 34.9 Å². The predicted molar refractivity (Wildman–Crippen MR) is 149 cm³/mol. The third-order valence-electron chi connectivity index (χ3n) is 6.26. The monoisotopic (exact) mass is 513 g/mol. The first-order valence-electron chi connectivity index (χ1n) is 12.5. The van der Waals surface area contributed by atoms with Crippen LogP contribution in [0.15, 0.2) is 90.0 Å². The van der Waals surface area contributed by atoms with Crippen molar-refractivity contribution in [1.82, 2.24) is 14.2 Å². The van der Waals surface area contributed by atoms with E-state index in [1.807, 2.05) is 51.1 Å². The van der Waals surface area contributed by atoms with E-state index in [9.17, 15) is 9.59 Å². The van der Waals surface area contributed by atoms with Gasteiger partial charge in [0.15, 0.2) is 0 Å². The molecule has 0 radical (unpaired) electrons. The average molecular weight is 514 g/mol.